The van der Waals surface area contributed by atoms with Crippen molar-refractivity contribution >= 4 is 29.7 Å². The first kappa shape index (κ1) is 24.3. The Balaban J connectivity index is 1.71. The Morgan fingerprint density at radius 2 is 1.76 bits per heavy atom. The molecular formula is C21H28F2N4O6. The molecule has 1 N–H and O–H groups in total. The van der Waals surface area contributed by atoms with Crippen LogP contribution in [0, 0.1) is 11.6 Å². The van der Waals surface area contributed by atoms with Crippen LogP contribution in [0.2, 0.25) is 0 Å². The molecule has 182 valence electrons. The van der Waals surface area contributed by atoms with Crippen molar-refractivity contribution in [2.24, 2.45) is 0 Å². The molecule has 1 atom stereocenters. The lowest BCUT2D eigenvalue weighted by Gasteiger charge is -2.37. The second-order valence-electron chi connectivity index (χ2n) is 8.69. The highest BCUT2D eigenvalue weighted by Gasteiger charge is 2.36. The lowest BCUT2D eigenvalue weighted by atomic mass is 10.1. The van der Waals surface area contributed by atoms with Gasteiger partial charge in [0, 0.05) is 44.9 Å². The summed E-state index contributed by atoms with van der Waals surface area (Å²) in [6, 6.07) is 1.45. The monoisotopic (exact) mass is 470 g/mol. The summed E-state index contributed by atoms with van der Waals surface area (Å²) < 4.78 is 44.8. The van der Waals surface area contributed by atoms with Gasteiger partial charge in [0.25, 0.3) is 0 Å². The van der Waals surface area contributed by atoms with Crippen molar-refractivity contribution in [2.75, 3.05) is 56.2 Å². The molecule has 0 unspecified atom stereocenters. The van der Waals surface area contributed by atoms with E-state index in [-0.39, 0.29) is 50.7 Å². The number of hydrogen-bond acceptors (Lipinski definition) is 7. The van der Waals surface area contributed by atoms with E-state index in [4.69, 9.17) is 9.47 Å². The van der Waals surface area contributed by atoms with E-state index in [1.165, 1.54) is 16.9 Å². The highest BCUT2D eigenvalue weighted by molar-refractivity contribution is 5.90. The molecule has 33 heavy (non-hydrogen) atoms. The third-order valence-corrected chi connectivity index (χ3v) is 5.16. The van der Waals surface area contributed by atoms with Crippen LogP contribution in [0.4, 0.5) is 34.5 Å². The SMILES string of the molecule is COC(=O)NC[C@H]1COC(=O)N1c1cc(F)c(N2CCN(C(=O)OC(C)(C)C)CC2)c(F)c1. The molecule has 2 heterocycles. The number of anilines is 2. The Bertz CT molecular complexity index is 892. The molecular weight excluding hydrogens is 442 g/mol. The molecule has 1 aromatic carbocycles. The summed E-state index contributed by atoms with van der Waals surface area (Å²) in [5.41, 5.74) is -0.900. The minimum absolute atomic E-state index is 0.0178. The molecule has 1 aromatic rings. The van der Waals surface area contributed by atoms with E-state index in [0.29, 0.717) is 0 Å². The number of nitrogens with zero attached hydrogens (tertiary/aromatic N) is 3. The molecule has 0 radical (unpaired) electrons. The number of methoxy groups -OCH3 is 1. The zero-order valence-corrected chi connectivity index (χ0v) is 19.0. The molecule has 0 aliphatic carbocycles. The number of halogens is 2. The van der Waals surface area contributed by atoms with Crippen LogP contribution in [0.3, 0.4) is 0 Å². The average molecular weight is 470 g/mol. The number of cyclic esters (lactones) is 1. The minimum atomic E-state index is -0.852. The fourth-order valence-electron chi connectivity index (χ4n) is 3.63. The van der Waals surface area contributed by atoms with Crippen molar-refractivity contribution < 1.29 is 37.4 Å². The standard InChI is InChI=1S/C21H28F2N4O6/c1-21(2,3)33-19(29)26-7-5-25(6-8-26)17-15(22)9-13(10-16(17)23)27-14(12-32-20(27)30)11-24-18(28)31-4/h9-10,14H,5-8,11-12H2,1-4H3,(H,24,28)/t14-/m0/s1. The maximum Gasteiger partial charge on any atom is 0.414 e. The number of ether oxygens (including phenoxy) is 3. The number of piperazine rings is 1. The summed E-state index contributed by atoms with van der Waals surface area (Å²) in [5.74, 6) is -1.70. The van der Waals surface area contributed by atoms with Gasteiger partial charge in [-0.3, -0.25) is 4.90 Å². The van der Waals surface area contributed by atoms with E-state index in [9.17, 15) is 23.2 Å². The predicted octanol–water partition coefficient (Wildman–Crippen LogP) is 2.70. The number of hydrogen-bond donors (Lipinski definition) is 1. The molecule has 0 bridgehead atoms. The number of rotatable bonds is 4. The largest absolute Gasteiger partial charge is 0.453 e. The molecule has 3 rings (SSSR count). The van der Waals surface area contributed by atoms with Gasteiger partial charge in [0.05, 0.1) is 18.8 Å². The number of nitrogens with one attached hydrogen (secondary N) is 1. The number of benzene rings is 1. The van der Waals surface area contributed by atoms with Crippen molar-refractivity contribution in [3.05, 3.63) is 23.8 Å². The summed E-state index contributed by atoms with van der Waals surface area (Å²) in [6.07, 6.45) is -1.95. The summed E-state index contributed by atoms with van der Waals surface area (Å²) in [6.45, 7) is 6.13. The highest BCUT2D eigenvalue weighted by atomic mass is 19.1. The Morgan fingerprint density at radius 1 is 1.15 bits per heavy atom. The summed E-state index contributed by atoms with van der Waals surface area (Å²) >= 11 is 0. The third kappa shape index (κ3) is 5.74. The van der Waals surface area contributed by atoms with E-state index in [0.717, 1.165) is 17.0 Å². The molecule has 2 fully saturated rings. The summed E-state index contributed by atoms with van der Waals surface area (Å²) in [5, 5.41) is 2.44. The Kier molecular flexibility index (Phi) is 7.13. The normalized spacial score (nSPS) is 18.8. The Labute approximate surface area is 190 Å². The minimum Gasteiger partial charge on any atom is -0.453 e. The van der Waals surface area contributed by atoms with Crippen LogP contribution in [0.25, 0.3) is 0 Å². The van der Waals surface area contributed by atoms with E-state index >= 15 is 0 Å². The lowest BCUT2D eigenvalue weighted by Crippen LogP contribution is -2.50. The molecule has 12 heteroatoms. The Hall–Kier alpha value is -3.31. The number of alkyl carbamates (subject to hydrolysis) is 1. The first-order valence-corrected chi connectivity index (χ1v) is 10.5. The van der Waals surface area contributed by atoms with Crippen molar-refractivity contribution in [2.45, 2.75) is 32.4 Å². The maximum atomic E-state index is 15.0. The van der Waals surface area contributed by atoms with Gasteiger partial charge in [-0.1, -0.05) is 0 Å². The molecule has 2 aliphatic rings. The molecule has 2 aliphatic heterocycles. The quantitative estimate of drug-likeness (QED) is 0.676. The number of carbonyl (C=O) groups excluding carboxylic acids is 3. The second kappa shape index (κ2) is 9.67. The van der Waals surface area contributed by atoms with Crippen LogP contribution in [0.5, 0.6) is 0 Å². The molecule has 0 aromatic heterocycles. The molecule has 10 nitrogen and oxygen atoms in total. The van der Waals surface area contributed by atoms with Gasteiger partial charge in [0.15, 0.2) is 11.6 Å². The van der Waals surface area contributed by atoms with E-state index in [1.54, 1.807) is 20.8 Å². The number of carbonyl (C=O) groups is 3. The van der Waals surface area contributed by atoms with E-state index in [2.05, 4.69) is 10.1 Å². The van der Waals surface area contributed by atoms with Crippen LogP contribution in [-0.4, -0.2) is 81.3 Å². The van der Waals surface area contributed by atoms with Crippen molar-refractivity contribution in [1.82, 2.24) is 10.2 Å². The van der Waals surface area contributed by atoms with E-state index < -0.39 is 41.6 Å². The van der Waals surface area contributed by atoms with Crippen LogP contribution in [0.15, 0.2) is 12.1 Å². The zero-order chi connectivity index (χ0) is 24.3. The first-order valence-electron chi connectivity index (χ1n) is 10.5. The first-order chi connectivity index (χ1) is 15.5. The van der Waals surface area contributed by atoms with Gasteiger partial charge in [0.1, 0.15) is 17.9 Å². The van der Waals surface area contributed by atoms with E-state index in [1.807, 2.05) is 0 Å². The van der Waals surface area contributed by atoms with Crippen molar-refractivity contribution in [3.63, 3.8) is 0 Å². The molecule has 3 amide bonds. The second-order valence-corrected chi connectivity index (χ2v) is 8.69. The van der Waals surface area contributed by atoms with Gasteiger partial charge in [-0.2, -0.15) is 0 Å². The smallest absolute Gasteiger partial charge is 0.414 e. The van der Waals surface area contributed by atoms with Gasteiger partial charge in [-0.15, -0.1) is 0 Å². The summed E-state index contributed by atoms with van der Waals surface area (Å²) in [7, 11) is 1.19. The molecule has 0 saturated carbocycles. The zero-order valence-electron chi connectivity index (χ0n) is 19.0. The van der Waals surface area contributed by atoms with Gasteiger partial charge in [0.2, 0.25) is 0 Å². The van der Waals surface area contributed by atoms with Crippen molar-refractivity contribution in [3.8, 4) is 0 Å². The van der Waals surface area contributed by atoms with Crippen LogP contribution >= 0.6 is 0 Å². The maximum absolute atomic E-state index is 15.0. The highest BCUT2D eigenvalue weighted by Crippen LogP contribution is 2.32. The average Bonchev–Trinajstić information content (AvgIpc) is 3.11. The number of amides is 3. The molecule has 2 saturated heterocycles. The van der Waals surface area contributed by atoms with Gasteiger partial charge in [-0.25, -0.2) is 23.2 Å². The Morgan fingerprint density at radius 3 is 2.30 bits per heavy atom. The third-order valence-electron chi connectivity index (χ3n) is 5.16. The fraction of sp³-hybridized carbons (Fsp3) is 0.571. The van der Waals surface area contributed by atoms with Crippen LogP contribution < -0.4 is 15.1 Å². The van der Waals surface area contributed by atoms with Gasteiger partial charge >= 0.3 is 18.3 Å². The molecule has 0 spiro atoms. The fourth-order valence-corrected chi connectivity index (χ4v) is 3.63. The van der Waals surface area contributed by atoms with Crippen LogP contribution in [0.1, 0.15) is 20.8 Å². The lowest BCUT2D eigenvalue weighted by molar-refractivity contribution is 0.0240. The topological polar surface area (TPSA) is 101 Å². The van der Waals surface area contributed by atoms with Crippen molar-refractivity contribution in [1.29, 1.82) is 0 Å². The predicted molar refractivity (Wildman–Crippen MR) is 114 cm³/mol. The van der Waals surface area contributed by atoms with Gasteiger partial charge < -0.3 is 29.3 Å². The summed E-state index contributed by atoms with van der Waals surface area (Å²) in [4.78, 5) is 39.8. The van der Waals surface area contributed by atoms with Crippen LogP contribution in [-0.2, 0) is 14.2 Å². The van der Waals surface area contributed by atoms with Gasteiger partial charge in [-0.05, 0) is 20.8 Å².